The van der Waals surface area contributed by atoms with Gasteiger partial charge in [-0.25, -0.2) is 0 Å². The van der Waals surface area contributed by atoms with E-state index in [2.05, 4.69) is 48.3 Å². The van der Waals surface area contributed by atoms with E-state index in [4.69, 9.17) is 5.73 Å². The monoisotopic (exact) mass is 289 g/mol. The van der Waals surface area contributed by atoms with Gasteiger partial charge < -0.3 is 16.0 Å². The molecule has 1 amide bonds. The Hall–Kier alpha value is -1.55. The molecule has 0 unspecified atom stereocenters. The number of carbonyl (C=O) groups excluding carboxylic acids is 1. The number of anilines is 1. The van der Waals surface area contributed by atoms with Crippen molar-refractivity contribution < 1.29 is 4.79 Å². The topological polar surface area (TPSA) is 58.4 Å². The lowest BCUT2D eigenvalue weighted by Crippen LogP contribution is -2.37. The fraction of sp³-hybridized carbons (Fsp3) is 0.588. The van der Waals surface area contributed by atoms with Crippen molar-refractivity contribution in [1.29, 1.82) is 0 Å². The van der Waals surface area contributed by atoms with Crippen molar-refractivity contribution in [3.63, 3.8) is 0 Å². The number of hydrogen-bond acceptors (Lipinski definition) is 3. The molecule has 1 aliphatic carbocycles. The lowest BCUT2D eigenvalue weighted by atomic mass is 10.1. The Morgan fingerprint density at radius 2 is 2.24 bits per heavy atom. The standard InChI is InChI=1S/C17H27N3O/c1-3-20(16-6-4-5-13(2)11-16)10-9-19-17(21)14-7-8-15(18)12-14/h4-6,11,14-15H,3,7-10,12,18H2,1-2H3,(H,19,21)/t14-,15+/m0/s1. The van der Waals surface area contributed by atoms with Gasteiger partial charge >= 0.3 is 0 Å². The lowest BCUT2D eigenvalue weighted by molar-refractivity contribution is -0.124. The van der Waals surface area contributed by atoms with Crippen LogP contribution in [-0.4, -0.2) is 31.6 Å². The molecule has 0 aliphatic heterocycles. The van der Waals surface area contributed by atoms with E-state index in [9.17, 15) is 4.79 Å². The Balaban J connectivity index is 1.79. The highest BCUT2D eigenvalue weighted by Gasteiger charge is 2.27. The maximum absolute atomic E-state index is 12.1. The van der Waals surface area contributed by atoms with Gasteiger partial charge in [0.25, 0.3) is 0 Å². The Labute approximate surface area is 127 Å². The molecule has 2 atom stereocenters. The van der Waals surface area contributed by atoms with Crippen LogP contribution >= 0.6 is 0 Å². The highest BCUT2D eigenvalue weighted by atomic mass is 16.1. The maximum Gasteiger partial charge on any atom is 0.223 e. The molecule has 0 saturated heterocycles. The van der Waals surface area contributed by atoms with Crippen LogP contribution in [0.1, 0.15) is 31.7 Å². The zero-order valence-corrected chi connectivity index (χ0v) is 13.1. The molecule has 1 aliphatic rings. The van der Waals surface area contributed by atoms with Crippen LogP contribution < -0.4 is 16.0 Å². The average Bonchev–Trinajstić information content (AvgIpc) is 2.90. The number of nitrogens with two attached hydrogens (primary N) is 1. The van der Waals surface area contributed by atoms with Gasteiger partial charge in [0.2, 0.25) is 5.91 Å². The molecule has 0 bridgehead atoms. The second kappa shape index (κ2) is 7.46. The zero-order chi connectivity index (χ0) is 15.2. The van der Waals surface area contributed by atoms with Gasteiger partial charge in [-0.05, 0) is 50.8 Å². The average molecular weight is 289 g/mol. The van der Waals surface area contributed by atoms with Crippen molar-refractivity contribution in [2.75, 3.05) is 24.5 Å². The van der Waals surface area contributed by atoms with Gasteiger partial charge in [0.05, 0.1) is 0 Å². The normalized spacial score (nSPS) is 21.3. The van der Waals surface area contributed by atoms with Crippen molar-refractivity contribution in [2.24, 2.45) is 11.7 Å². The molecule has 4 heteroatoms. The second-order valence-electron chi connectivity index (χ2n) is 5.98. The van der Waals surface area contributed by atoms with Crippen LogP contribution in [0.2, 0.25) is 0 Å². The predicted molar refractivity (Wildman–Crippen MR) is 87.4 cm³/mol. The van der Waals surface area contributed by atoms with Gasteiger partial charge in [-0.15, -0.1) is 0 Å². The van der Waals surface area contributed by atoms with Crippen LogP contribution in [0, 0.1) is 12.8 Å². The number of benzene rings is 1. The third-order valence-corrected chi connectivity index (χ3v) is 4.27. The first kappa shape index (κ1) is 15.8. The first-order chi connectivity index (χ1) is 10.1. The summed E-state index contributed by atoms with van der Waals surface area (Å²) in [6.07, 6.45) is 2.74. The van der Waals surface area contributed by atoms with Gasteiger partial charge in [0.15, 0.2) is 0 Å². The summed E-state index contributed by atoms with van der Waals surface area (Å²) in [5, 5.41) is 3.06. The number of rotatable bonds is 6. The Bertz CT molecular complexity index is 475. The van der Waals surface area contributed by atoms with Crippen LogP contribution in [0.15, 0.2) is 24.3 Å². The summed E-state index contributed by atoms with van der Waals surface area (Å²) in [6.45, 7) is 6.70. The summed E-state index contributed by atoms with van der Waals surface area (Å²) in [6, 6.07) is 8.68. The summed E-state index contributed by atoms with van der Waals surface area (Å²) in [5.41, 5.74) is 8.34. The molecule has 1 aromatic carbocycles. The SMILES string of the molecule is CCN(CCNC(=O)[C@H]1CC[C@@H](N)C1)c1cccc(C)c1. The molecule has 116 valence electrons. The summed E-state index contributed by atoms with van der Waals surface area (Å²) in [7, 11) is 0. The van der Waals surface area contributed by atoms with E-state index in [1.807, 2.05) is 0 Å². The molecule has 0 heterocycles. The summed E-state index contributed by atoms with van der Waals surface area (Å²) >= 11 is 0. The molecule has 0 aromatic heterocycles. The van der Waals surface area contributed by atoms with E-state index < -0.39 is 0 Å². The number of nitrogens with one attached hydrogen (secondary N) is 1. The van der Waals surface area contributed by atoms with E-state index in [0.29, 0.717) is 6.54 Å². The minimum atomic E-state index is 0.119. The molecular weight excluding hydrogens is 262 g/mol. The van der Waals surface area contributed by atoms with Gasteiger partial charge in [0, 0.05) is 37.3 Å². The summed E-state index contributed by atoms with van der Waals surface area (Å²) < 4.78 is 0. The smallest absolute Gasteiger partial charge is 0.223 e. The molecule has 0 spiro atoms. The quantitative estimate of drug-likeness (QED) is 0.843. The molecule has 2 rings (SSSR count). The fourth-order valence-electron chi connectivity index (χ4n) is 3.01. The van der Waals surface area contributed by atoms with Gasteiger partial charge in [-0.1, -0.05) is 12.1 Å². The van der Waals surface area contributed by atoms with Crippen LogP contribution in [0.3, 0.4) is 0 Å². The Kier molecular flexibility index (Phi) is 5.62. The first-order valence-electron chi connectivity index (χ1n) is 7.95. The molecule has 1 saturated carbocycles. The number of nitrogens with zero attached hydrogens (tertiary/aromatic N) is 1. The van der Waals surface area contributed by atoms with E-state index in [1.54, 1.807) is 0 Å². The number of aryl methyl sites for hydroxylation is 1. The minimum Gasteiger partial charge on any atom is -0.370 e. The van der Waals surface area contributed by atoms with Crippen LogP contribution in [0.5, 0.6) is 0 Å². The van der Waals surface area contributed by atoms with E-state index >= 15 is 0 Å². The van der Waals surface area contributed by atoms with Crippen LogP contribution in [0.4, 0.5) is 5.69 Å². The summed E-state index contributed by atoms with van der Waals surface area (Å²) in [4.78, 5) is 14.4. The van der Waals surface area contributed by atoms with Crippen molar-refractivity contribution in [3.8, 4) is 0 Å². The molecule has 3 N–H and O–H groups in total. The maximum atomic E-state index is 12.1. The van der Waals surface area contributed by atoms with Crippen molar-refractivity contribution in [2.45, 2.75) is 39.2 Å². The molecule has 21 heavy (non-hydrogen) atoms. The number of likely N-dealkylation sites (N-methyl/N-ethyl adjacent to an activating group) is 1. The van der Waals surface area contributed by atoms with E-state index in [0.717, 1.165) is 32.4 Å². The first-order valence-corrected chi connectivity index (χ1v) is 7.95. The van der Waals surface area contributed by atoms with Crippen molar-refractivity contribution in [3.05, 3.63) is 29.8 Å². The van der Waals surface area contributed by atoms with Gasteiger partial charge in [0.1, 0.15) is 0 Å². The predicted octanol–water partition coefficient (Wildman–Crippen LogP) is 2.06. The highest BCUT2D eigenvalue weighted by molar-refractivity contribution is 5.79. The Morgan fingerprint density at radius 1 is 1.43 bits per heavy atom. The molecule has 4 nitrogen and oxygen atoms in total. The molecule has 1 fully saturated rings. The van der Waals surface area contributed by atoms with Crippen LogP contribution in [0.25, 0.3) is 0 Å². The third kappa shape index (κ3) is 4.46. The molecular formula is C17H27N3O. The largest absolute Gasteiger partial charge is 0.370 e. The summed E-state index contributed by atoms with van der Waals surface area (Å²) in [5.74, 6) is 0.289. The van der Waals surface area contributed by atoms with E-state index in [-0.39, 0.29) is 17.9 Å². The fourth-order valence-corrected chi connectivity index (χ4v) is 3.01. The molecule has 1 aromatic rings. The van der Waals surface area contributed by atoms with Crippen molar-refractivity contribution >= 4 is 11.6 Å². The van der Waals surface area contributed by atoms with Gasteiger partial charge in [-0.3, -0.25) is 4.79 Å². The zero-order valence-electron chi connectivity index (χ0n) is 13.1. The number of carbonyl (C=O) groups is 1. The lowest BCUT2D eigenvalue weighted by Gasteiger charge is -2.24. The Morgan fingerprint density at radius 3 is 2.86 bits per heavy atom. The second-order valence-corrected chi connectivity index (χ2v) is 5.98. The van der Waals surface area contributed by atoms with Gasteiger partial charge in [-0.2, -0.15) is 0 Å². The number of amides is 1. The van der Waals surface area contributed by atoms with Crippen molar-refractivity contribution in [1.82, 2.24) is 5.32 Å². The van der Waals surface area contributed by atoms with Crippen LogP contribution in [-0.2, 0) is 4.79 Å². The highest BCUT2D eigenvalue weighted by Crippen LogP contribution is 2.24. The van der Waals surface area contributed by atoms with E-state index in [1.165, 1.54) is 11.3 Å². The third-order valence-electron chi connectivity index (χ3n) is 4.27. The minimum absolute atomic E-state index is 0.119. The number of hydrogen-bond donors (Lipinski definition) is 2. The molecule has 0 radical (unpaired) electrons.